The van der Waals surface area contributed by atoms with Gasteiger partial charge < -0.3 is 15.5 Å². The molecular weight excluding hydrogens is 352 g/mol. The summed E-state index contributed by atoms with van der Waals surface area (Å²) in [6.45, 7) is 0. The standard InChI is InChI=1S/C18H12F4N2O2/c19-9-4-5-10(14(22)8-9)16-11(18(25)26)6-7-15(23-16)24-17-12(20)2-1-3-13(17)21/h1-8,18,25-26H,(H,23,24). The summed E-state index contributed by atoms with van der Waals surface area (Å²) in [4.78, 5) is 4.01. The summed E-state index contributed by atoms with van der Waals surface area (Å²) in [5, 5.41) is 21.3. The predicted molar refractivity (Wildman–Crippen MR) is 86.4 cm³/mol. The second-order valence-electron chi connectivity index (χ2n) is 5.35. The Morgan fingerprint density at radius 2 is 1.54 bits per heavy atom. The van der Waals surface area contributed by atoms with E-state index in [4.69, 9.17) is 0 Å². The lowest BCUT2D eigenvalue weighted by molar-refractivity contribution is -0.0422. The number of benzene rings is 2. The molecule has 0 unspecified atom stereocenters. The number of aliphatic hydroxyl groups is 2. The molecule has 0 saturated carbocycles. The first kappa shape index (κ1) is 17.8. The van der Waals surface area contributed by atoms with Gasteiger partial charge in [-0.1, -0.05) is 6.07 Å². The number of halogens is 4. The molecule has 0 aliphatic carbocycles. The summed E-state index contributed by atoms with van der Waals surface area (Å²) in [5.74, 6) is -3.61. The van der Waals surface area contributed by atoms with Crippen molar-refractivity contribution in [2.75, 3.05) is 5.32 Å². The SMILES string of the molecule is OC(O)c1ccc(Nc2c(F)cccc2F)nc1-c1ccc(F)cc1F. The van der Waals surface area contributed by atoms with Gasteiger partial charge in [0.15, 0.2) is 6.29 Å². The Morgan fingerprint density at radius 3 is 2.15 bits per heavy atom. The quantitative estimate of drug-likeness (QED) is 0.483. The van der Waals surface area contributed by atoms with E-state index in [2.05, 4.69) is 10.3 Å². The highest BCUT2D eigenvalue weighted by Gasteiger charge is 2.18. The van der Waals surface area contributed by atoms with Crippen LogP contribution >= 0.6 is 0 Å². The normalized spacial score (nSPS) is 11.0. The van der Waals surface area contributed by atoms with Crippen molar-refractivity contribution in [2.45, 2.75) is 6.29 Å². The van der Waals surface area contributed by atoms with Gasteiger partial charge in [-0.25, -0.2) is 22.5 Å². The lowest BCUT2D eigenvalue weighted by Gasteiger charge is -2.14. The lowest BCUT2D eigenvalue weighted by atomic mass is 10.0. The number of aliphatic hydroxyl groups excluding tert-OH is 1. The van der Waals surface area contributed by atoms with Crippen molar-refractivity contribution < 1.29 is 27.8 Å². The average molecular weight is 364 g/mol. The molecule has 26 heavy (non-hydrogen) atoms. The van der Waals surface area contributed by atoms with Gasteiger partial charge in [-0.05, 0) is 36.4 Å². The molecule has 1 heterocycles. The molecule has 8 heteroatoms. The maximum Gasteiger partial charge on any atom is 0.180 e. The molecule has 1 aromatic heterocycles. The Kier molecular flexibility index (Phi) is 4.88. The van der Waals surface area contributed by atoms with Crippen LogP contribution in [0, 0.1) is 23.3 Å². The van der Waals surface area contributed by atoms with Crippen molar-refractivity contribution >= 4 is 11.5 Å². The molecule has 3 aromatic rings. The summed E-state index contributed by atoms with van der Waals surface area (Å²) in [6, 6.07) is 8.38. The zero-order chi connectivity index (χ0) is 18.8. The van der Waals surface area contributed by atoms with E-state index in [0.717, 1.165) is 24.3 Å². The number of aromatic nitrogens is 1. The smallest absolute Gasteiger partial charge is 0.180 e. The van der Waals surface area contributed by atoms with Crippen LogP contribution in [0.4, 0.5) is 29.1 Å². The maximum absolute atomic E-state index is 14.1. The Morgan fingerprint density at radius 1 is 0.846 bits per heavy atom. The largest absolute Gasteiger partial charge is 0.364 e. The second-order valence-corrected chi connectivity index (χ2v) is 5.35. The minimum atomic E-state index is -1.98. The van der Waals surface area contributed by atoms with E-state index in [-0.39, 0.29) is 22.6 Å². The predicted octanol–water partition coefficient (Wildman–Crippen LogP) is 4.03. The Balaban J connectivity index is 2.10. The molecule has 0 saturated heterocycles. The van der Waals surface area contributed by atoms with E-state index >= 15 is 0 Å². The van der Waals surface area contributed by atoms with E-state index in [1.54, 1.807) is 0 Å². The second kappa shape index (κ2) is 7.11. The zero-order valence-corrected chi connectivity index (χ0v) is 13.0. The first-order valence-electron chi connectivity index (χ1n) is 7.40. The molecule has 0 atom stereocenters. The lowest BCUT2D eigenvalue weighted by Crippen LogP contribution is -2.05. The molecule has 0 spiro atoms. The fourth-order valence-corrected chi connectivity index (χ4v) is 2.39. The molecule has 0 aliphatic rings. The molecule has 134 valence electrons. The van der Waals surface area contributed by atoms with Gasteiger partial charge in [-0.2, -0.15) is 0 Å². The summed E-state index contributed by atoms with van der Waals surface area (Å²) in [7, 11) is 0. The third-order valence-corrected chi connectivity index (χ3v) is 3.61. The first-order valence-corrected chi connectivity index (χ1v) is 7.40. The van der Waals surface area contributed by atoms with Crippen LogP contribution in [0.1, 0.15) is 11.9 Å². The van der Waals surface area contributed by atoms with Crippen LogP contribution in [-0.4, -0.2) is 15.2 Å². The van der Waals surface area contributed by atoms with E-state index in [0.29, 0.717) is 6.07 Å². The topological polar surface area (TPSA) is 65.4 Å². The molecule has 0 bridgehead atoms. The van der Waals surface area contributed by atoms with E-state index in [1.165, 1.54) is 18.2 Å². The number of pyridine rings is 1. The highest BCUT2D eigenvalue weighted by molar-refractivity contribution is 5.68. The minimum absolute atomic E-state index is 0.0721. The summed E-state index contributed by atoms with van der Waals surface area (Å²) >= 11 is 0. The summed E-state index contributed by atoms with van der Waals surface area (Å²) in [6.07, 6.45) is -1.98. The van der Waals surface area contributed by atoms with Crippen LogP contribution in [0.15, 0.2) is 48.5 Å². The number of anilines is 2. The molecule has 0 amide bonds. The van der Waals surface area contributed by atoms with E-state index in [1.807, 2.05) is 0 Å². The van der Waals surface area contributed by atoms with Gasteiger partial charge in [0.1, 0.15) is 34.8 Å². The molecule has 0 fully saturated rings. The monoisotopic (exact) mass is 364 g/mol. The third-order valence-electron chi connectivity index (χ3n) is 3.61. The van der Waals surface area contributed by atoms with Crippen LogP contribution in [0.3, 0.4) is 0 Å². The van der Waals surface area contributed by atoms with Crippen LogP contribution in [0.2, 0.25) is 0 Å². The zero-order valence-electron chi connectivity index (χ0n) is 13.0. The molecule has 3 rings (SSSR count). The number of nitrogens with one attached hydrogen (secondary N) is 1. The molecule has 0 radical (unpaired) electrons. The van der Waals surface area contributed by atoms with Crippen molar-refractivity contribution in [1.82, 2.24) is 4.98 Å². The van der Waals surface area contributed by atoms with Gasteiger partial charge in [0.25, 0.3) is 0 Å². The van der Waals surface area contributed by atoms with Gasteiger partial charge in [-0.15, -0.1) is 0 Å². The van der Waals surface area contributed by atoms with E-state index < -0.39 is 35.2 Å². The van der Waals surface area contributed by atoms with Gasteiger partial charge in [-0.3, -0.25) is 0 Å². The van der Waals surface area contributed by atoms with E-state index in [9.17, 15) is 27.8 Å². The van der Waals surface area contributed by atoms with Crippen molar-refractivity contribution in [1.29, 1.82) is 0 Å². The molecule has 2 aromatic carbocycles. The van der Waals surface area contributed by atoms with Crippen molar-refractivity contribution in [2.24, 2.45) is 0 Å². The number of nitrogens with zero attached hydrogens (tertiary/aromatic N) is 1. The van der Waals surface area contributed by atoms with Gasteiger partial charge in [0, 0.05) is 17.2 Å². The van der Waals surface area contributed by atoms with Gasteiger partial charge in [0.2, 0.25) is 0 Å². The fourth-order valence-electron chi connectivity index (χ4n) is 2.39. The number of para-hydroxylation sites is 1. The number of hydrogen-bond donors (Lipinski definition) is 3. The minimum Gasteiger partial charge on any atom is -0.364 e. The van der Waals surface area contributed by atoms with Crippen LogP contribution in [0.5, 0.6) is 0 Å². The first-order chi connectivity index (χ1) is 12.4. The number of rotatable bonds is 4. The Bertz CT molecular complexity index is 944. The Labute approximate surface area is 145 Å². The molecule has 0 aliphatic heterocycles. The molecular formula is C18H12F4N2O2. The maximum atomic E-state index is 14.1. The molecule has 4 nitrogen and oxygen atoms in total. The summed E-state index contributed by atoms with van der Waals surface area (Å²) in [5.41, 5.74) is -1.04. The number of hydrogen-bond acceptors (Lipinski definition) is 4. The third kappa shape index (κ3) is 3.51. The van der Waals surface area contributed by atoms with Crippen LogP contribution in [0.25, 0.3) is 11.3 Å². The highest BCUT2D eigenvalue weighted by Crippen LogP contribution is 2.31. The van der Waals surface area contributed by atoms with Crippen LogP contribution in [-0.2, 0) is 0 Å². The summed E-state index contributed by atoms with van der Waals surface area (Å²) < 4.78 is 54.7. The Hall–Kier alpha value is -2.97. The fraction of sp³-hybridized carbons (Fsp3) is 0.0556. The van der Waals surface area contributed by atoms with Crippen LogP contribution < -0.4 is 5.32 Å². The van der Waals surface area contributed by atoms with Crippen molar-refractivity contribution in [3.63, 3.8) is 0 Å². The average Bonchev–Trinajstić information content (AvgIpc) is 2.58. The highest BCUT2D eigenvalue weighted by atomic mass is 19.1. The van der Waals surface area contributed by atoms with Gasteiger partial charge in [0.05, 0.1) is 5.69 Å². The molecule has 3 N–H and O–H groups in total. The van der Waals surface area contributed by atoms with Crippen molar-refractivity contribution in [3.8, 4) is 11.3 Å². The van der Waals surface area contributed by atoms with Gasteiger partial charge >= 0.3 is 0 Å². The van der Waals surface area contributed by atoms with Crippen molar-refractivity contribution in [3.05, 3.63) is 77.4 Å².